The van der Waals surface area contributed by atoms with Gasteiger partial charge in [0.2, 0.25) is 35.4 Å². The summed E-state index contributed by atoms with van der Waals surface area (Å²) in [5.41, 5.74) is 12.9. The zero-order chi connectivity index (χ0) is 60.8. The number of methoxy groups -OCH3 is 2. The van der Waals surface area contributed by atoms with Crippen LogP contribution in [0.2, 0.25) is 0 Å². The van der Waals surface area contributed by atoms with Crippen LogP contribution < -0.4 is 38.1 Å². The first-order valence-electron chi connectivity index (χ1n) is 28.5. The summed E-state index contributed by atoms with van der Waals surface area (Å²) in [5, 5.41) is 24.8. The Kier molecular flexibility index (Phi) is 28.5. The maximum atomic E-state index is 14.7. The van der Waals surface area contributed by atoms with E-state index in [1.807, 2.05) is 59.7 Å². The van der Waals surface area contributed by atoms with Crippen LogP contribution in [0.4, 0.5) is 15.3 Å². The quantitative estimate of drug-likeness (QED) is 0.0456. The lowest BCUT2D eigenvalue weighted by molar-refractivity contribution is -0.148. The van der Waals surface area contributed by atoms with Crippen molar-refractivity contribution in [3.8, 4) is 0 Å². The number of primary amides is 1. The number of hydrogen-bond acceptors (Lipinski definition) is 13. The predicted molar refractivity (Wildman–Crippen MR) is 310 cm³/mol. The summed E-state index contributed by atoms with van der Waals surface area (Å²) in [5.74, 6) is -3.97. The van der Waals surface area contributed by atoms with Crippen molar-refractivity contribution in [3.63, 3.8) is 0 Å². The van der Waals surface area contributed by atoms with Gasteiger partial charge in [-0.15, -0.1) is 0 Å². The Morgan fingerprint density at radius 2 is 1.43 bits per heavy atom. The number of anilines is 1. The standard InChI is InChI=1S/C59H96N10O12/c1-15-37(8)50(46(79-13)32-47(70)69-30-20-24-45(69)52(80-14)38(9)53(72)63-39(10)51(71)41-21-17-16-18-22-41)67(11)57(76)48(35(4)5)66-56(75)49(36(6)7)68(12)59(78)81-33-40-25-27-42(28-26-40)64-55(74)44(23-19-29-62-58(61)77)65-54(73)43(60)31-34(2)3/h16-18,21-22,25-28,34-39,43-46,48-52,71H,15,19-20,23-24,29-33,60H2,1-14H3,(H,63,72)(H,64,74)(H,65,73)(H,66,75)(H3,61,62,77)/t37-,38+,39-,43-,44-,45-,46-,48-,49-,50-,51-,52+/m0/s1. The van der Waals surface area contributed by atoms with Crippen molar-refractivity contribution in [3.05, 3.63) is 65.7 Å². The maximum absolute atomic E-state index is 14.7. The molecule has 81 heavy (non-hydrogen) atoms. The van der Waals surface area contributed by atoms with Crippen LogP contribution in [0, 0.1) is 29.6 Å². The summed E-state index contributed by atoms with van der Waals surface area (Å²) in [6.45, 7) is 19.0. The van der Waals surface area contributed by atoms with Crippen LogP contribution in [0.3, 0.4) is 0 Å². The minimum Gasteiger partial charge on any atom is -0.445 e. The van der Waals surface area contributed by atoms with Crippen LogP contribution >= 0.6 is 0 Å². The number of carbonyl (C=O) groups is 8. The molecule has 1 aliphatic heterocycles. The number of rotatable bonds is 32. The van der Waals surface area contributed by atoms with Crippen molar-refractivity contribution in [2.24, 2.45) is 41.1 Å². The Hall–Kier alpha value is -6.36. The van der Waals surface area contributed by atoms with Crippen molar-refractivity contribution in [1.29, 1.82) is 0 Å². The van der Waals surface area contributed by atoms with Gasteiger partial charge < -0.3 is 67.2 Å². The molecule has 2 aromatic rings. The highest BCUT2D eigenvalue weighted by Crippen LogP contribution is 2.30. The molecule has 3 rings (SSSR count). The van der Waals surface area contributed by atoms with Crippen LogP contribution in [0.15, 0.2) is 54.6 Å². The number of amides is 9. The zero-order valence-electron chi connectivity index (χ0n) is 50.4. The number of nitrogens with two attached hydrogens (primary N) is 2. The first-order chi connectivity index (χ1) is 38.2. The van der Waals surface area contributed by atoms with E-state index in [0.29, 0.717) is 55.5 Å². The van der Waals surface area contributed by atoms with Gasteiger partial charge in [0, 0.05) is 47.1 Å². The Labute approximate surface area is 480 Å². The summed E-state index contributed by atoms with van der Waals surface area (Å²) >= 11 is 0. The molecule has 0 aliphatic carbocycles. The zero-order valence-corrected chi connectivity index (χ0v) is 50.4. The van der Waals surface area contributed by atoms with Crippen molar-refractivity contribution in [2.45, 2.75) is 181 Å². The number of aliphatic hydroxyl groups is 1. The lowest BCUT2D eigenvalue weighted by atomic mass is 9.89. The van der Waals surface area contributed by atoms with Gasteiger partial charge in [-0.2, -0.15) is 0 Å². The fourth-order valence-electron chi connectivity index (χ4n) is 10.5. The molecule has 22 nitrogen and oxygen atoms in total. The Morgan fingerprint density at radius 3 is 1.99 bits per heavy atom. The second-order valence-corrected chi connectivity index (χ2v) is 22.7. The molecule has 1 heterocycles. The first kappa shape index (κ1) is 68.9. The summed E-state index contributed by atoms with van der Waals surface area (Å²) in [6.07, 6.45) is -0.306. The van der Waals surface area contributed by atoms with Gasteiger partial charge in [-0.25, -0.2) is 9.59 Å². The van der Waals surface area contributed by atoms with E-state index in [1.165, 1.54) is 26.2 Å². The van der Waals surface area contributed by atoms with E-state index in [4.69, 9.17) is 25.7 Å². The second-order valence-electron chi connectivity index (χ2n) is 22.7. The maximum Gasteiger partial charge on any atom is 0.410 e. The average Bonchev–Trinajstić information content (AvgIpc) is 3.92. The van der Waals surface area contributed by atoms with Crippen molar-refractivity contribution >= 4 is 53.3 Å². The average molecular weight is 1140 g/mol. The van der Waals surface area contributed by atoms with Crippen molar-refractivity contribution in [1.82, 2.24) is 36.0 Å². The molecule has 0 aromatic heterocycles. The monoisotopic (exact) mass is 1140 g/mol. The molecule has 0 radical (unpaired) electrons. The predicted octanol–water partition coefficient (Wildman–Crippen LogP) is 4.82. The highest BCUT2D eigenvalue weighted by molar-refractivity contribution is 5.98. The first-order valence-corrected chi connectivity index (χ1v) is 28.5. The van der Waals surface area contributed by atoms with Crippen molar-refractivity contribution in [2.75, 3.05) is 46.7 Å². The number of urea groups is 1. The molecule has 10 N–H and O–H groups in total. The van der Waals surface area contributed by atoms with E-state index < -0.39 is 114 Å². The summed E-state index contributed by atoms with van der Waals surface area (Å²) in [7, 11) is 6.13. The SMILES string of the molecule is CC[C@H](C)[C@@H]([C@H](CC(=O)N1CCC[C@H]1[C@H](OC)[C@@H](C)C(=O)N[C@@H](C)[C@H](O)c1ccccc1)OC)N(C)C(=O)[C@@H](NC(=O)[C@H](C(C)C)N(C)C(=O)OCc1ccc(NC(=O)[C@H](CCCNC(N)=O)NC(=O)[C@@H](N)CC(C)C)cc1)C(C)C. The highest BCUT2D eigenvalue weighted by atomic mass is 16.6. The molecule has 12 atom stereocenters. The van der Waals surface area contributed by atoms with Gasteiger partial charge in [0.05, 0.1) is 54.8 Å². The van der Waals surface area contributed by atoms with Crippen LogP contribution in [0.1, 0.15) is 131 Å². The molecular weight excluding hydrogens is 1040 g/mol. The number of nitrogens with one attached hydrogen (secondary N) is 5. The van der Waals surface area contributed by atoms with E-state index >= 15 is 0 Å². The largest absolute Gasteiger partial charge is 0.445 e. The number of likely N-dealkylation sites (N-methyl/N-ethyl adjacent to an activating group) is 2. The number of carbonyl (C=O) groups excluding carboxylic acids is 8. The van der Waals surface area contributed by atoms with Gasteiger partial charge in [-0.1, -0.05) is 111 Å². The van der Waals surface area contributed by atoms with Gasteiger partial charge in [-0.3, -0.25) is 33.7 Å². The number of hydrogen-bond donors (Lipinski definition) is 8. The Morgan fingerprint density at radius 1 is 0.790 bits per heavy atom. The van der Waals surface area contributed by atoms with Gasteiger partial charge in [0.25, 0.3) is 0 Å². The fourth-order valence-corrected chi connectivity index (χ4v) is 10.5. The minimum absolute atomic E-state index is 0.0746. The molecule has 1 saturated heterocycles. The molecule has 9 amide bonds. The van der Waals surface area contributed by atoms with Gasteiger partial charge >= 0.3 is 12.1 Å². The molecule has 22 heteroatoms. The van der Waals surface area contributed by atoms with Gasteiger partial charge in [0.1, 0.15) is 24.7 Å². The minimum atomic E-state index is -1.05. The number of benzene rings is 2. The van der Waals surface area contributed by atoms with Crippen LogP contribution in [-0.2, 0) is 49.6 Å². The van der Waals surface area contributed by atoms with Crippen molar-refractivity contribution < 1.29 is 57.7 Å². The second kappa shape index (κ2) is 33.5. The van der Waals surface area contributed by atoms with E-state index in [1.54, 1.807) is 80.9 Å². The van der Waals surface area contributed by atoms with Crippen LogP contribution in [0.5, 0.6) is 0 Å². The third-order valence-electron chi connectivity index (χ3n) is 15.3. The third-order valence-corrected chi connectivity index (χ3v) is 15.3. The summed E-state index contributed by atoms with van der Waals surface area (Å²) in [4.78, 5) is 113. The summed E-state index contributed by atoms with van der Waals surface area (Å²) < 4.78 is 17.7. The van der Waals surface area contributed by atoms with E-state index in [0.717, 1.165) is 0 Å². The topological polar surface area (TPSA) is 306 Å². The molecule has 0 unspecified atom stereocenters. The lowest BCUT2D eigenvalue weighted by Gasteiger charge is -2.41. The van der Waals surface area contributed by atoms with E-state index in [9.17, 15) is 43.5 Å². The molecule has 0 bridgehead atoms. The molecule has 2 aromatic carbocycles. The van der Waals surface area contributed by atoms with Gasteiger partial charge in [-0.05, 0) is 86.0 Å². The molecule has 454 valence electrons. The van der Waals surface area contributed by atoms with E-state index in [2.05, 4.69) is 26.6 Å². The fraction of sp³-hybridized carbons (Fsp3) is 0.661. The van der Waals surface area contributed by atoms with E-state index in [-0.39, 0.29) is 49.6 Å². The highest BCUT2D eigenvalue weighted by Gasteiger charge is 2.44. The van der Waals surface area contributed by atoms with Gasteiger partial charge in [0.15, 0.2) is 0 Å². The molecule has 1 fully saturated rings. The van der Waals surface area contributed by atoms with Crippen LogP contribution in [-0.4, -0.2) is 163 Å². The number of aliphatic hydroxyl groups excluding tert-OH is 1. The van der Waals surface area contributed by atoms with Crippen LogP contribution in [0.25, 0.3) is 0 Å². The molecule has 0 saturated carbocycles. The molecule has 1 aliphatic rings. The third kappa shape index (κ3) is 20.5. The summed E-state index contributed by atoms with van der Waals surface area (Å²) in [6, 6.07) is 9.42. The molecular formula is C59H96N10O12. The number of nitrogens with zero attached hydrogens (tertiary/aromatic N) is 3. The lowest BCUT2D eigenvalue weighted by Crippen LogP contribution is -2.60. The Balaban J connectivity index is 1.70. The molecule has 0 spiro atoms. The Bertz CT molecular complexity index is 2340. The smallest absolute Gasteiger partial charge is 0.410 e. The number of likely N-dealkylation sites (tertiary alicyclic amines) is 1. The normalized spacial score (nSPS) is 17.5. The number of ether oxygens (including phenoxy) is 3.